The van der Waals surface area contributed by atoms with Crippen LogP contribution in [0.2, 0.25) is 0 Å². The molecule has 0 spiro atoms. The number of nitrogens with zero attached hydrogens (tertiary/aromatic N) is 5. The van der Waals surface area contributed by atoms with Crippen molar-refractivity contribution >= 4 is 22.9 Å². The molecule has 8 heteroatoms. The minimum atomic E-state index is -0.287. The van der Waals surface area contributed by atoms with Crippen molar-refractivity contribution in [3.05, 3.63) is 83.3 Å². The van der Waals surface area contributed by atoms with Crippen molar-refractivity contribution in [2.45, 2.75) is 32.6 Å². The largest absolute Gasteiger partial charge is 0.355 e. The number of rotatable bonds is 4. The summed E-state index contributed by atoms with van der Waals surface area (Å²) in [7, 11) is 0. The molecule has 0 aliphatic carbocycles. The van der Waals surface area contributed by atoms with Gasteiger partial charge >= 0.3 is 0 Å². The number of carbonyl (C=O) groups excluding carboxylic acids is 1. The molecule has 168 valence electrons. The highest BCUT2D eigenvalue weighted by atomic mass is 19.1. The van der Waals surface area contributed by atoms with Gasteiger partial charge in [-0.1, -0.05) is 6.07 Å². The van der Waals surface area contributed by atoms with Crippen LogP contribution in [0.1, 0.15) is 46.1 Å². The summed E-state index contributed by atoms with van der Waals surface area (Å²) in [6, 6.07) is 10.3. The van der Waals surface area contributed by atoms with E-state index in [1.54, 1.807) is 23.0 Å². The highest BCUT2D eigenvalue weighted by Crippen LogP contribution is 2.30. The zero-order valence-corrected chi connectivity index (χ0v) is 18.6. The number of aryl methyl sites for hydroxylation is 2. The zero-order valence-electron chi connectivity index (χ0n) is 18.6. The van der Waals surface area contributed by atoms with Crippen molar-refractivity contribution in [2.75, 3.05) is 18.4 Å². The summed E-state index contributed by atoms with van der Waals surface area (Å²) in [5.74, 6) is -0.228. The second-order valence-electron chi connectivity index (χ2n) is 8.61. The minimum absolute atomic E-state index is 0.0585. The summed E-state index contributed by atoms with van der Waals surface area (Å²) in [5.41, 5.74) is 5.41. The molecule has 4 aromatic rings. The molecule has 1 aromatic carbocycles. The van der Waals surface area contributed by atoms with Crippen molar-refractivity contribution in [2.24, 2.45) is 0 Å². The lowest BCUT2D eigenvalue weighted by molar-refractivity contribution is 0.0707. The van der Waals surface area contributed by atoms with Gasteiger partial charge in [-0.25, -0.2) is 13.9 Å². The number of halogens is 1. The van der Waals surface area contributed by atoms with Crippen LogP contribution < -0.4 is 5.32 Å². The van der Waals surface area contributed by atoms with E-state index in [1.807, 2.05) is 43.1 Å². The third kappa shape index (κ3) is 4.41. The van der Waals surface area contributed by atoms with E-state index in [2.05, 4.69) is 15.4 Å². The average molecular weight is 445 g/mol. The van der Waals surface area contributed by atoms with E-state index in [1.165, 1.54) is 12.1 Å². The SMILES string of the molecule is Cc1cnc2c(C(=O)N3CCC[C@@H](c4cc(Nc5cccc(F)c5)cc(C)n4)C3)cnn2c1. The van der Waals surface area contributed by atoms with E-state index >= 15 is 0 Å². The molecule has 1 atom stereocenters. The van der Waals surface area contributed by atoms with Gasteiger partial charge in [0.2, 0.25) is 0 Å². The van der Waals surface area contributed by atoms with E-state index in [-0.39, 0.29) is 17.6 Å². The average Bonchev–Trinajstić information content (AvgIpc) is 3.21. The quantitative estimate of drug-likeness (QED) is 0.496. The van der Waals surface area contributed by atoms with Gasteiger partial charge in [0, 0.05) is 54.2 Å². The summed E-state index contributed by atoms with van der Waals surface area (Å²) in [6.45, 7) is 5.16. The Labute approximate surface area is 191 Å². The fourth-order valence-corrected chi connectivity index (χ4v) is 4.40. The molecule has 1 fully saturated rings. The molecular formula is C25H25FN6O. The molecule has 1 N–H and O–H groups in total. The van der Waals surface area contributed by atoms with E-state index in [4.69, 9.17) is 4.98 Å². The Morgan fingerprint density at radius 1 is 1.15 bits per heavy atom. The molecule has 33 heavy (non-hydrogen) atoms. The molecule has 5 rings (SSSR count). The summed E-state index contributed by atoms with van der Waals surface area (Å²) >= 11 is 0. The third-order valence-electron chi connectivity index (χ3n) is 5.93. The van der Waals surface area contributed by atoms with E-state index in [0.29, 0.717) is 30.0 Å². The Morgan fingerprint density at radius 2 is 2.03 bits per heavy atom. The first-order valence-corrected chi connectivity index (χ1v) is 11.1. The lowest BCUT2D eigenvalue weighted by Crippen LogP contribution is -2.39. The number of pyridine rings is 1. The Hall–Kier alpha value is -3.81. The zero-order chi connectivity index (χ0) is 22.9. The number of anilines is 2. The molecule has 1 aliphatic heterocycles. The smallest absolute Gasteiger partial charge is 0.259 e. The fourth-order valence-electron chi connectivity index (χ4n) is 4.40. The van der Waals surface area contributed by atoms with Gasteiger partial charge < -0.3 is 10.2 Å². The van der Waals surface area contributed by atoms with Crippen molar-refractivity contribution in [1.29, 1.82) is 0 Å². The van der Waals surface area contributed by atoms with Crippen LogP contribution in [0, 0.1) is 19.7 Å². The number of aromatic nitrogens is 4. The Kier molecular flexibility index (Phi) is 5.50. The Bertz CT molecular complexity index is 1330. The number of amides is 1. The topological polar surface area (TPSA) is 75.4 Å². The van der Waals surface area contributed by atoms with Gasteiger partial charge in [-0.3, -0.25) is 9.78 Å². The Morgan fingerprint density at radius 3 is 2.88 bits per heavy atom. The van der Waals surface area contributed by atoms with Gasteiger partial charge in [0.15, 0.2) is 5.65 Å². The number of piperidine rings is 1. The number of nitrogens with one attached hydrogen (secondary N) is 1. The van der Waals surface area contributed by atoms with Crippen LogP contribution >= 0.6 is 0 Å². The fraction of sp³-hybridized carbons (Fsp3) is 0.280. The number of carbonyl (C=O) groups is 1. The molecule has 0 unspecified atom stereocenters. The summed E-state index contributed by atoms with van der Waals surface area (Å²) in [4.78, 5) is 24.3. The number of benzene rings is 1. The lowest BCUT2D eigenvalue weighted by atomic mass is 9.93. The van der Waals surface area contributed by atoms with Crippen LogP contribution in [-0.2, 0) is 0 Å². The molecule has 7 nitrogen and oxygen atoms in total. The van der Waals surface area contributed by atoms with Crippen LogP contribution in [0.25, 0.3) is 5.65 Å². The predicted molar refractivity (Wildman–Crippen MR) is 124 cm³/mol. The molecule has 3 aromatic heterocycles. The first-order chi connectivity index (χ1) is 16.0. The van der Waals surface area contributed by atoms with Gasteiger partial charge in [0.1, 0.15) is 11.4 Å². The maximum Gasteiger partial charge on any atom is 0.259 e. The van der Waals surface area contributed by atoms with Crippen LogP contribution in [0.5, 0.6) is 0 Å². The second-order valence-corrected chi connectivity index (χ2v) is 8.61. The van der Waals surface area contributed by atoms with Crippen LogP contribution in [0.3, 0.4) is 0 Å². The monoisotopic (exact) mass is 444 g/mol. The molecule has 0 bridgehead atoms. The van der Waals surface area contributed by atoms with Crippen molar-refractivity contribution in [1.82, 2.24) is 24.5 Å². The van der Waals surface area contributed by atoms with E-state index in [0.717, 1.165) is 35.5 Å². The maximum absolute atomic E-state index is 13.6. The van der Waals surface area contributed by atoms with Crippen LogP contribution in [0.4, 0.5) is 15.8 Å². The van der Waals surface area contributed by atoms with Crippen molar-refractivity contribution in [3.8, 4) is 0 Å². The summed E-state index contributed by atoms with van der Waals surface area (Å²) in [5, 5.41) is 7.57. The molecule has 1 aliphatic rings. The summed E-state index contributed by atoms with van der Waals surface area (Å²) in [6.07, 6.45) is 7.05. The van der Waals surface area contributed by atoms with Gasteiger partial charge in [0.05, 0.1) is 6.20 Å². The van der Waals surface area contributed by atoms with Crippen LogP contribution in [0.15, 0.2) is 55.0 Å². The highest BCUT2D eigenvalue weighted by Gasteiger charge is 2.28. The van der Waals surface area contributed by atoms with Gasteiger partial charge in [0.25, 0.3) is 5.91 Å². The number of hydrogen-bond donors (Lipinski definition) is 1. The predicted octanol–water partition coefficient (Wildman–Crippen LogP) is 4.64. The number of likely N-dealkylation sites (tertiary alicyclic amines) is 1. The first kappa shape index (κ1) is 21.1. The molecule has 0 radical (unpaired) electrons. The van der Waals surface area contributed by atoms with E-state index < -0.39 is 0 Å². The molecular weight excluding hydrogens is 419 g/mol. The number of fused-ring (bicyclic) bond motifs is 1. The maximum atomic E-state index is 13.6. The van der Waals surface area contributed by atoms with Gasteiger partial charge in [-0.2, -0.15) is 5.10 Å². The normalized spacial score (nSPS) is 16.2. The van der Waals surface area contributed by atoms with E-state index in [9.17, 15) is 9.18 Å². The summed E-state index contributed by atoms with van der Waals surface area (Å²) < 4.78 is 15.2. The molecule has 0 saturated carbocycles. The minimum Gasteiger partial charge on any atom is -0.355 e. The van der Waals surface area contributed by atoms with Crippen molar-refractivity contribution < 1.29 is 9.18 Å². The molecule has 1 amide bonds. The third-order valence-corrected chi connectivity index (χ3v) is 5.93. The van der Waals surface area contributed by atoms with Gasteiger partial charge in [-0.15, -0.1) is 0 Å². The lowest BCUT2D eigenvalue weighted by Gasteiger charge is -2.32. The standard InChI is InChI=1S/C25H25FN6O/c1-16-12-27-24-22(13-28-32(24)14-16)25(33)31-8-4-5-18(15-31)23-11-21(9-17(2)29-23)30-20-7-3-6-19(26)10-20/h3,6-7,9-14,18H,4-5,8,15H2,1-2H3,(H,29,30)/t18-/m1/s1. The van der Waals surface area contributed by atoms with Crippen LogP contribution in [-0.4, -0.2) is 43.5 Å². The molecule has 4 heterocycles. The van der Waals surface area contributed by atoms with Crippen molar-refractivity contribution in [3.63, 3.8) is 0 Å². The number of hydrogen-bond acceptors (Lipinski definition) is 5. The Balaban J connectivity index is 1.37. The first-order valence-electron chi connectivity index (χ1n) is 11.1. The molecule has 1 saturated heterocycles. The highest BCUT2D eigenvalue weighted by molar-refractivity contribution is 5.99. The second kappa shape index (κ2) is 8.61. The van der Waals surface area contributed by atoms with Gasteiger partial charge in [-0.05, 0) is 62.6 Å².